The molecule has 2 saturated heterocycles. The third kappa shape index (κ3) is 3.88. The number of H-pyrrole nitrogens is 1. The molecule has 4 rings (SSSR count). The minimum Gasteiger partial charge on any atom is -0.375 e. The molecule has 1 amide bonds. The van der Waals surface area contributed by atoms with E-state index in [0.29, 0.717) is 6.54 Å². The van der Waals surface area contributed by atoms with E-state index in [0.717, 1.165) is 55.7 Å². The Hall–Kier alpha value is -1.85. The number of aromatic amines is 1. The summed E-state index contributed by atoms with van der Waals surface area (Å²) in [5, 5.41) is 1.08. The van der Waals surface area contributed by atoms with Crippen LogP contribution in [-0.2, 0) is 4.74 Å². The SMILES string of the molecule is O=C(c1ccc2[nH]ccc2c1)N1CCCO[C@H](CN2CCCCC2)C1. The van der Waals surface area contributed by atoms with E-state index in [1.54, 1.807) is 0 Å². The van der Waals surface area contributed by atoms with Crippen LogP contribution in [0.1, 0.15) is 36.0 Å². The Kier molecular flexibility index (Phi) is 5.04. The first-order chi connectivity index (χ1) is 12.3. The second-order valence-electron chi connectivity index (χ2n) is 7.24. The topological polar surface area (TPSA) is 48.6 Å². The molecule has 5 heteroatoms. The smallest absolute Gasteiger partial charge is 0.253 e. The lowest BCUT2D eigenvalue weighted by atomic mass is 10.1. The summed E-state index contributed by atoms with van der Waals surface area (Å²) in [4.78, 5) is 20.7. The Morgan fingerprint density at radius 3 is 2.88 bits per heavy atom. The van der Waals surface area contributed by atoms with Gasteiger partial charge in [0, 0.05) is 48.9 Å². The molecule has 2 aliphatic heterocycles. The number of benzene rings is 1. The number of nitrogens with zero attached hydrogens (tertiary/aromatic N) is 2. The first kappa shape index (κ1) is 16.6. The van der Waals surface area contributed by atoms with Crippen molar-refractivity contribution in [2.75, 3.05) is 39.3 Å². The summed E-state index contributed by atoms with van der Waals surface area (Å²) in [6.07, 6.45) is 6.86. The first-order valence-corrected chi connectivity index (χ1v) is 9.50. The highest BCUT2D eigenvalue weighted by molar-refractivity contribution is 5.98. The summed E-state index contributed by atoms with van der Waals surface area (Å²) in [6, 6.07) is 7.91. The number of amides is 1. The van der Waals surface area contributed by atoms with Gasteiger partial charge in [0.2, 0.25) is 0 Å². The number of fused-ring (bicyclic) bond motifs is 1. The number of hydrogen-bond acceptors (Lipinski definition) is 3. The molecule has 1 aromatic heterocycles. The van der Waals surface area contributed by atoms with E-state index in [-0.39, 0.29) is 12.0 Å². The van der Waals surface area contributed by atoms with Crippen LogP contribution in [0.25, 0.3) is 10.9 Å². The molecular formula is C20H27N3O2. The zero-order valence-corrected chi connectivity index (χ0v) is 14.7. The Morgan fingerprint density at radius 1 is 1.12 bits per heavy atom. The number of carbonyl (C=O) groups is 1. The third-order valence-electron chi connectivity index (χ3n) is 5.35. The van der Waals surface area contributed by atoms with E-state index in [1.807, 2.05) is 35.4 Å². The number of carbonyl (C=O) groups excluding carboxylic acids is 1. The van der Waals surface area contributed by atoms with Crippen molar-refractivity contribution >= 4 is 16.8 Å². The number of nitrogens with one attached hydrogen (secondary N) is 1. The maximum absolute atomic E-state index is 13.0. The molecule has 1 aromatic carbocycles. The number of ether oxygens (including phenoxy) is 1. The molecule has 2 aliphatic rings. The zero-order valence-electron chi connectivity index (χ0n) is 14.7. The third-order valence-corrected chi connectivity index (χ3v) is 5.35. The molecule has 5 nitrogen and oxygen atoms in total. The molecule has 0 radical (unpaired) electrons. The molecule has 0 bridgehead atoms. The van der Waals surface area contributed by atoms with Gasteiger partial charge in [-0.1, -0.05) is 6.42 Å². The molecule has 1 atom stereocenters. The minimum absolute atomic E-state index is 0.122. The van der Waals surface area contributed by atoms with Gasteiger partial charge in [0.15, 0.2) is 0 Å². The lowest BCUT2D eigenvalue weighted by Gasteiger charge is -2.31. The highest BCUT2D eigenvalue weighted by Crippen LogP contribution is 2.18. The van der Waals surface area contributed by atoms with Crippen LogP contribution in [0.3, 0.4) is 0 Å². The molecule has 1 N–H and O–H groups in total. The van der Waals surface area contributed by atoms with Crippen LogP contribution in [-0.4, -0.2) is 66.1 Å². The fourth-order valence-electron chi connectivity index (χ4n) is 3.99. The average Bonchev–Trinajstić information content (AvgIpc) is 3.00. The standard InChI is InChI=1S/C20H27N3O2/c24-20(17-5-6-19-16(13-17)7-8-21-19)23-11-4-12-25-18(15-23)14-22-9-2-1-3-10-22/h5-8,13,18,21H,1-4,9-12,14-15H2/t18-/m1/s1. The number of likely N-dealkylation sites (tertiary alicyclic amines) is 1. The Bertz CT molecular complexity index is 721. The van der Waals surface area contributed by atoms with Crippen LogP contribution in [0.15, 0.2) is 30.5 Å². The molecular weight excluding hydrogens is 314 g/mol. The summed E-state index contributed by atoms with van der Waals surface area (Å²) in [5.41, 5.74) is 1.84. The van der Waals surface area contributed by atoms with Crippen molar-refractivity contribution in [3.8, 4) is 0 Å². The van der Waals surface area contributed by atoms with Gasteiger partial charge >= 0.3 is 0 Å². The van der Waals surface area contributed by atoms with Crippen LogP contribution in [0.2, 0.25) is 0 Å². The summed E-state index contributed by atoms with van der Waals surface area (Å²) < 4.78 is 6.04. The fraction of sp³-hybridized carbons (Fsp3) is 0.550. The summed E-state index contributed by atoms with van der Waals surface area (Å²) in [6.45, 7) is 5.50. The number of piperidine rings is 1. The van der Waals surface area contributed by atoms with Gasteiger partial charge in [-0.2, -0.15) is 0 Å². The van der Waals surface area contributed by atoms with Crippen LogP contribution in [0.4, 0.5) is 0 Å². The van der Waals surface area contributed by atoms with E-state index in [4.69, 9.17) is 4.74 Å². The van der Waals surface area contributed by atoms with E-state index < -0.39 is 0 Å². The summed E-state index contributed by atoms with van der Waals surface area (Å²) in [7, 11) is 0. The first-order valence-electron chi connectivity index (χ1n) is 9.50. The lowest BCUT2D eigenvalue weighted by Crippen LogP contribution is -2.43. The molecule has 134 valence electrons. The van der Waals surface area contributed by atoms with Gasteiger partial charge in [0.25, 0.3) is 5.91 Å². The van der Waals surface area contributed by atoms with Gasteiger partial charge in [-0.15, -0.1) is 0 Å². The van der Waals surface area contributed by atoms with Gasteiger partial charge in [-0.3, -0.25) is 4.79 Å². The molecule has 0 saturated carbocycles. The summed E-state index contributed by atoms with van der Waals surface area (Å²) >= 11 is 0. The Labute approximate surface area is 148 Å². The normalized spacial score (nSPS) is 22.9. The summed E-state index contributed by atoms with van der Waals surface area (Å²) in [5.74, 6) is 0.122. The highest BCUT2D eigenvalue weighted by Gasteiger charge is 2.25. The van der Waals surface area contributed by atoms with Gasteiger partial charge < -0.3 is 19.5 Å². The Morgan fingerprint density at radius 2 is 2.00 bits per heavy atom. The highest BCUT2D eigenvalue weighted by atomic mass is 16.5. The maximum Gasteiger partial charge on any atom is 0.253 e. The second-order valence-corrected chi connectivity index (χ2v) is 7.24. The molecule has 0 unspecified atom stereocenters. The quantitative estimate of drug-likeness (QED) is 0.934. The van der Waals surface area contributed by atoms with Crippen molar-refractivity contribution in [3.63, 3.8) is 0 Å². The minimum atomic E-state index is 0.122. The Balaban J connectivity index is 1.44. The van der Waals surface area contributed by atoms with Crippen LogP contribution >= 0.6 is 0 Å². The van der Waals surface area contributed by atoms with Gasteiger partial charge in [-0.05, 0) is 56.6 Å². The number of hydrogen-bond donors (Lipinski definition) is 1. The van der Waals surface area contributed by atoms with Gasteiger partial charge in [0.1, 0.15) is 0 Å². The van der Waals surface area contributed by atoms with Crippen molar-refractivity contribution in [2.24, 2.45) is 0 Å². The van der Waals surface area contributed by atoms with Crippen molar-refractivity contribution < 1.29 is 9.53 Å². The number of aromatic nitrogens is 1. The largest absolute Gasteiger partial charge is 0.375 e. The maximum atomic E-state index is 13.0. The lowest BCUT2D eigenvalue weighted by molar-refractivity contribution is 0.0216. The molecule has 3 heterocycles. The predicted molar refractivity (Wildman–Crippen MR) is 98.9 cm³/mol. The van der Waals surface area contributed by atoms with Crippen molar-refractivity contribution in [1.82, 2.24) is 14.8 Å². The molecule has 0 spiro atoms. The van der Waals surface area contributed by atoms with Crippen molar-refractivity contribution in [1.29, 1.82) is 0 Å². The van der Waals surface area contributed by atoms with E-state index >= 15 is 0 Å². The van der Waals surface area contributed by atoms with E-state index in [1.165, 1.54) is 19.3 Å². The van der Waals surface area contributed by atoms with Crippen LogP contribution in [0.5, 0.6) is 0 Å². The van der Waals surface area contributed by atoms with Crippen molar-refractivity contribution in [2.45, 2.75) is 31.8 Å². The molecule has 2 aromatic rings. The monoisotopic (exact) mass is 341 g/mol. The molecule has 0 aliphatic carbocycles. The average molecular weight is 341 g/mol. The predicted octanol–water partition coefficient (Wildman–Crippen LogP) is 2.88. The number of rotatable bonds is 3. The van der Waals surface area contributed by atoms with Gasteiger partial charge in [0.05, 0.1) is 6.10 Å². The second kappa shape index (κ2) is 7.58. The van der Waals surface area contributed by atoms with E-state index in [2.05, 4.69) is 9.88 Å². The zero-order chi connectivity index (χ0) is 17.1. The molecule has 25 heavy (non-hydrogen) atoms. The van der Waals surface area contributed by atoms with Gasteiger partial charge in [-0.25, -0.2) is 0 Å². The molecule has 2 fully saturated rings. The van der Waals surface area contributed by atoms with Crippen molar-refractivity contribution in [3.05, 3.63) is 36.0 Å². The van der Waals surface area contributed by atoms with E-state index in [9.17, 15) is 4.79 Å². The van der Waals surface area contributed by atoms with Crippen LogP contribution in [0, 0.1) is 0 Å². The van der Waals surface area contributed by atoms with Crippen LogP contribution < -0.4 is 0 Å². The fourth-order valence-corrected chi connectivity index (χ4v) is 3.99.